The zero-order valence-electron chi connectivity index (χ0n) is 13.5. The summed E-state index contributed by atoms with van der Waals surface area (Å²) < 4.78 is 0. The van der Waals surface area contributed by atoms with E-state index in [9.17, 15) is 4.79 Å². The third-order valence-electron chi connectivity index (χ3n) is 5.33. The molecule has 0 spiro atoms. The van der Waals surface area contributed by atoms with Crippen molar-refractivity contribution < 1.29 is 4.79 Å². The number of rotatable bonds is 3. The number of amides is 1. The molecule has 1 aliphatic heterocycles. The normalized spacial score (nSPS) is 22.1. The molecule has 23 heavy (non-hydrogen) atoms. The topological polar surface area (TPSA) is 49.0 Å². The molecule has 0 aromatic carbocycles. The van der Waals surface area contributed by atoms with E-state index < -0.39 is 0 Å². The first kappa shape index (κ1) is 14.9. The van der Waals surface area contributed by atoms with Gasteiger partial charge in [-0.1, -0.05) is 12.8 Å². The highest BCUT2D eigenvalue weighted by Gasteiger charge is 2.36. The Labute approximate surface area is 140 Å². The molecule has 2 aromatic heterocycles. The summed E-state index contributed by atoms with van der Waals surface area (Å²) in [7, 11) is 0. The highest BCUT2D eigenvalue weighted by Crippen LogP contribution is 2.36. The number of aromatic nitrogens is 2. The number of aromatic amines is 1. The fraction of sp³-hybridized carbons (Fsp3) is 0.556. The monoisotopic (exact) mass is 329 g/mol. The predicted molar refractivity (Wildman–Crippen MR) is 92.7 cm³/mol. The maximum Gasteiger partial charge on any atom is 0.270 e. The molecular weight excluding hydrogens is 306 g/mol. The number of likely N-dealkylation sites (tertiary alicyclic amines) is 1. The Hall–Kier alpha value is -1.62. The molecule has 2 aliphatic rings. The summed E-state index contributed by atoms with van der Waals surface area (Å²) in [4.78, 5) is 22.7. The number of hydrogen-bond donors (Lipinski definition) is 1. The molecule has 2 aromatic rings. The number of carbonyl (C=O) groups excluding carboxylic acids is 1. The Kier molecular flexibility index (Phi) is 3.97. The third kappa shape index (κ3) is 2.82. The lowest BCUT2D eigenvalue weighted by Gasteiger charge is -2.29. The van der Waals surface area contributed by atoms with Gasteiger partial charge in [-0.3, -0.25) is 4.79 Å². The van der Waals surface area contributed by atoms with E-state index in [-0.39, 0.29) is 5.91 Å². The lowest BCUT2D eigenvalue weighted by molar-refractivity contribution is 0.0684. The maximum absolute atomic E-state index is 12.9. The van der Waals surface area contributed by atoms with Crippen LogP contribution in [0.4, 0.5) is 0 Å². The lowest BCUT2D eigenvalue weighted by Crippen LogP contribution is -2.39. The van der Waals surface area contributed by atoms with Gasteiger partial charge in [0.25, 0.3) is 5.91 Å². The van der Waals surface area contributed by atoms with Crippen LogP contribution in [0.3, 0.4) is 0 Å². The van der Waals surface area contributed by atoms with Crippen LogP contribution in [0.2, 0.25) is 0 Å². The molecule has 122 valence electrons. The van der Waals surface area contributed by atoms with E-state index in [0.717, 1.165) is 35.1 Å². The molecule has 1 amide bonds. The van der Waals surface area contributed by atoms with E-state index in [1.807, 2.05) is 24.6 Å². The van der Waals surface area contributed by atoms with Crippen LogP contribution < -0.4 is 0 Å². The zero-order chi connectivity index (χ0) is 15.8. The summed E-state index contributed by atoms with van der Waals surface area (Å²) in [5.41, 5.74) is 2.67. The van der Waals surface area contributed by atoms with Crippen LogP contribution in [0, 0.1) is 12.8 Å². The molecule has 0 radical (unpaired) electrons. The minimum absolute atomic E-state index is 0.164. The molecule has 3 heterocycles. The summed E-state index contributed by atoms with van der Waals surface area (Å²) in [5.74, 6) is 0.884. The highest BCUT2D eigenvalue weighted by molar-refractivity contribution is 7.09. The number of hydrogen-bond acceptors (Lipinski definition) is 3. The van der Waals surface area contributed by atoms with Crippen LogP contribution in [0.25, 0.3) is 11.3 Å². The van der Waals surface area contributed by atoms with Gasteiger partial charge < -0.3 is 9.88 Å². The van der Waals surface area contributed by atoms with Gasteiger partial charge in [0.05, 0.1) is 10.7 Å². The standard InChI is InChI=1S/C18H23N3OS/c1-12-20-16(11-23-12)14-9-15(19-10-14)18(22)21-8-4-7-17(21)13-5-2-3-6-13/h9-11,13,17,19H,2-8H2,1H3/t17-/m0/s1. The van der Waals surface area contributed by atoms with Crippen molar-refractivity contribution in [1.82, 2.24) is 14.9 Å². The second-order valence-corrected chi connectivity index (χ2v) is 7.87. The van der Waals surface area contributed by atoms with Crippen molar-refractivity contribution in [2.75, 3.05) is 6.54 Å². The smallest absolute Gasteiger partial charge is 0.270 e. The molecule has 1 saturated carbocycles. The van der Waals surface area contributed by atoms with Crippen LogP contribution >= 0.6 is 11.3 Å². The molecule has 1 atom stereocenters. The quantitative estimate of drug-likeness (QED) is 0.915. The van der Waals surface area contributed by atoms with Crippen LogP contribution in [0.15, 0.2) is 17.6 Å². The number of nitrogens with zero attached hydrogens (tertiary/aromatic N) is 2. The second-order valence-electron chi connectivity index (χ2n) is 6.81. The number of H-pyrrole nitrogens is 1. The fourth-order valence-electron chi connectivity index (χ4n) is 4.19. The highest BCUT2D eigenvalue weighted by atomic mass is 32.1. The molecule has 0 bridgehead atoms. The number of carbonyl (C=O) groups is 1. The fourth-order valence-corrected chi connectivity index (χ4v) is 4.82. The van der Waals surface area contributed by atoms with Crippen LogP contribution in [0.5, 0.6) is 0 Å². The van der Waals surface area contributed by atoms with Gasteiger partial charge in [0.1, 0.15) is 5.69 Å². The van der Waals surface area contributed by atoms with E-state index in [0.29, 0.717) is 11.7 Å². The van der Waals surface area contributed by atoms with Crippen molar-refractivity contribution in [1.29, 1.82) is 0 Å². The molecule has 2 fully saturated rings. The van der Waals surface area contributed by atoms with Crippen molar-refractivity contribution in [2.24, 2.45) is 5.92 Å². The zero-order valence-corrected chi connectivity index (χ0v) is 14.4. The summed E-state index contributed by atoms with van der Waals surface area (Å²) in [6.45, 7) is 2.91. The predicted octanol–water partition coefficient (Wildman–Crippen LogP) is 4.24. The Morgan fingerprint density at radius 3 is 2.87 bits per heavy atom. The van der Waals surface area contributed by atoms with Gasteiger partial charge in [-0.25, -0.2) is 4.98 Å². The minimum atomic E-state index is 0.164. The SMILES string of the molecule is Cc1nc(-c2c[nH]c(C(=O)N3CCC[C@H]3C3CCCC3)c2)cs1. The Balaban J connectivity index is 1.53. The molecule has 4 nitrogen and oxygen atoms in total. The largest absolute Gasteiger partial charge is 0.357 e. The summed E-state index contributed by atoms with van der Waals surface area (Å²) >= 11 is 1.64. The first-order chi connectivity index (χ1) is 11.2. The molecule has 1 aliphatic carbocycles. The van der Waals surface area contributed by atoms with Crippen molar-refractivity contribution >= 4 is 17.2 Å². The first-order valence-corrected chi connectivity index (χ1v) is 9.52. The van der Waals surface area contributed by atoms with E-state index in [4.69, 9.17) is 0 Å². The average Bonchev–Trinajstić information content (AvgIpc) is 3.31. The van der Waals surface area contributed by atoms with Crippen LogP contribution in [0.1, 0.15) is 54.0 Å². The number of aryl methyl sites for hydroxylation is 1. The van der Waals surface area contributed by atoms with E-state index in [1.54, 1.807) is 11.3 Å². The summed E-state index contributed by atoms with van der Waals surface area (Å²) in [6.07, 6.45) is 9.48. The van der Waals surface area contributed by atoms with E-state index in [2.05, 4.69) is 14.9 Å². The van der Waals surface area contributed by atoms with Crippen molar-refractivity contribution in [3.8, 4) is 11.3 Å². The third-order valence-corrected chi connectivity index (χ3v) is 6.11. The van der Waals surface area contributed by atoms with E-state index >= 15 is 0 Å². The number of thiazole rings is 1. The van der Waals surface area contributed by atoms with Gasteiger partial charge in [-0.2, -0.15) is 0 Å². The van der Waals surface area contributed by atoms with Crippen molar-refractivity contribution in [3.05, 3.63) is 28.3 Å². The van der Waals surface area contributed by atoms with Gasteiger partial charge in [0.15, 0.2) is 0 Å². The van der Waals surface area contributed by atoms with Crippen molar-refractivity contribution in [3.63, 3.8) is 0 Å². The van der Waals surface area contributed by atoms with Gasteiger partial charge in [0.2, 0.25) is 0 Å². The molecular formula is C18H23N3OS. The molecule has 1 saturated heterocycles. The molecule has 0 unspecified atom stereocenters. The molecule has 5 heteroatoms. The Bertz CT molecular complexity index is 699. The van der Waals surface area contributed by atoms with E-state index in [1.165, 1.54) is 32.1 Å². The Morgan fingerprint density at radius 1 is 1.30 bits per heavy atom. The van der Waals surface area contributed by atoms with Gasteiger partial charge in [-0.05, 0) is 44.6 Å². The second kappa shape index (κ2) is 6.11. The maximum atomic E-state index is 12.9. The lowest BCUT2D eigenvalue weighted by atomic mass is 9.96. The minimum Gasteiger partial charge on any atom is -0.357 e. The Morgan fingerprint density at radius 2 is 2.13 bits per heavy atom. The average molecular weight is 329 g/mol. The van der Waals surface area contributed by atoms with Crippen LogP contribution in [-0.4, -0.2) is 33.4 Å². The van der Waals surface area contributed by atoms with Crippen molar-refractivity contribution in [2.45, 2.75) is 51.5 Å². The van der Waals surface area contributed by atoms with Gasteiger partial charge in [-0.15, -0.1) is 11.3 Å². The van der Waals surface area contributed by atoms with Crippen LogP contribution in [-0.2, 0) is 0 Å². The number of nitrogens with one attached hydrogen (secondary N) is 1. The van der Waals surface area contributed by atoms with Gasteiger partial charge >= 0.3 is 0 Å². The summed E-state index contributed by atoms with van der Waals surface area (Å²) in [6, 6.07) is 2.42. The molecule has 1 N–H and O–H groups in total. The first-order valence-electron chi connectivity index (χ1n) is 8.64. The summed E-state index contributed by atoms with van der Waals surface area (Å²) in [5, 5.41) is 3.10. The molecule has 4 rings (SSSR count). The van der Waals surface area contributed by atoms with Gasteiger partial charge in [0, 0.05) is 29.7 Å².